The minimum atomic E-state index is -4.78. The first-order valence-electron chi connectivity index (χ1n) is 9.16. The van der Waals surface area contributed by atoms with E-state index in [1.807, 2.05) is 9.80 Å². The van der Waals surface area contributed by atoms with Gasteiger partial charge in [0.15, 0.2) is 0 Å². The van der Waals surface area contributed by atoms with Crippen LogP contribution in [0.3, 0.4) is 0 Å². The summed E-state index contributed by atoms with van der Waals surface area (Å²) < 4.78 is 48.4. The average Bonchev–Trinajstić information content (AvgIpc) is 2.62. The molecule has 2 fully saturated rings. The van der Waals surface area contributed by atoms with Crippen LogP contribution in [0.2, 0.25) is 0 Å². The average molecular weight is 403 g/mol. The summed E-state index contributed by atoms with van der Waals surface area (Å²) in [5.74, 6) is -0.218. The normalized spacial score (nSPS) is 21.6. The Morgan fingerprint density at radius 1 is 1.25 bits per heavy atom. The van der Waals surface area contributed by atoms with Gasteiger partial charge in [-0.1, -0.05) is 6.07 Å². The monoisotopic (exact) mass is 403 g/mol. The minimum absolute atomic E-state index is 0.218. The van der Waals surface area contributed by atoms with Crippen molar-refractivity contribution in [1.29, 1.82) is 0 Å². The molecule has 0 unspecified atom stereocenters. The van der Waals surface area contributed by atoms with E-state index in [2.05, 4.69) is 4.74 Å². The third-order valence-corrected chi connectivity index (χ3v) is 5.00. The number of rotatable bonds is 4. The van der Waals surface area contributed by atoms with Crippen LogP contribution in [0.25, 0.3) is 0 Å². The Bertz CT molecular complexity index is 695. The second kappa shape index (κ2) is 8.44. The maximum Gasteiger partial charge on any atom is 0.573 e. The Labute approximate surface area is 161 Å². The van der Waals surface area contributed by atoms with E-state index in [1.165, 1.54) is 11.0 Å². The van der Waals surface area contributed by atoms with Gasteiger partial charge in [0.25, 0.3) is 0 Å². The van der Waals surface area contributed by atoms with Gasteiger partial charge in [-0.2, -0.15) is 0 Å². The van der Waals surface area contributed by atoms with Gasteiger partial charge in [0.05, 0.1) is 13.2 Å². The van der Waals surface area contributed by atoms with Crippen LogP contribution in [0.5, 0.6) is 5.75 Å². The molecule has 2 saturated heterocycles. The lowest BCUT2D eigenvalue weighted by Gasteiger charge is -2.38. The molecule has 10 heteroatoms. The fourth-order valence-corrected chi connectivity index (χ4v) is 3.61. The number of benzene rings is 1. The Morgan fingerprint density at radius 2 is 1.96 bits per heavy atom. The van der Waals surface area contributed by atoms with Crippen LogP contribution in [-0.4, -0.2) is 79.3 Å². The number of carbonyl (C=O) groups is 1. The molecule has 0 radical (unpaired) electrons. The Morgan fingerprint density at radius 3 is 2.57 bits per heavy atom. The van der Waals surface area contributed by atoms with Gasteiger partial charge < -0.3 is 24.4 Å². The van der Waals surface area contributed by atoms with Crippen molar-refractivity contribution >= 4 is 11.8 Å². The van der Waals surface area contributed by atoms with Crippen LogP contribution in [0.15, 0.2) is 18.2 Å². The van der Waals surface area contributed by atoms with Crippen molar-refractivity contribution in [3.63, 3.8) is 0 Å². The van der Waals surface area contributed by atoms with E-state index >= 15 is 0 Å². The smallest absolute Gasteiger partial charge is 0.465 e. The lowest BCUT2D eigenvalue weighted by molar-refractivity contribution is -0.275. The van der Waals surface area contributed by atoms with Crippen LogP contribution in [0.4, 0.5) is 23.7 Å². The molecular weight excluding hydrogens is 379 g/mol. The number of amides is 1. The number of morpholine rings is 1. The molecule has 0 aromatic heterocycles. The van der Waals surface area contributed by atoms with E-state index in [9.17, 15) is 18.0 Å². The molecule has 156 valence electrons. The minimum Gasteiger partial charge on any atom is -0.465 e. The number of hydrogen-bond acceptors (Lipinski definition) is 5. The summed E-state index contributed by atoms with van der Waals surface area (Å²) in [5.41, 5.74) is 1.08. The summed E-state index contributed by atoms with van der Waals surface area (Å²) in [5, 5.41) is 9.16. The van der Waals surface area contributed by atoms with E-state index in [-0.39, 0.29) is 18.3 Å². The summed E-state index contributed by atoms with van der Waals surface area (Å²) in [6, 6.07) is 4.64. The molecule has 1 aromatic carbocycles. The van der Waals surface area contributed by atoms with Crippen molar-refractivity contribution in [2.75, 3.05) is 50.8 Å². The van der Waals surface area contributed by atoms with Crippen LogP contribution in [-0.2, 0) is 11.3 Å². The maximum absolute atomic E-state index is 12.9. The number of hydrogen-bond donors (Lipinski definition) is 1. The molecule has 1 amide bonds. The molecule has 0 spiro atoms. The number of anilines is 1. The molecule has 2 aliphatic rings. The van der Waals surface area contributed by atoms with Gasteiger partial charge in [-0.3, -0.25) is 4.90 Å². The van der Waals surface area contributed by atoms with E-state index in [4.69, 9.17) is 9.84 Å². The predicted molar refractivity (Wildman–Crippen MR) is 95.6 cm³/mol. The molecule has 1 N–H and O–H groups in total. The Kier molecular flexibility index (Phi) is 6.19. The van der Waals surface area contributed by atoms with Gasteiger partial charge in [0.1, 0.15) is 5.75 Å². The first-order chi connectivity index (χ1) is 13.2. The number of alkyl halides is 3. The van der Waals surface area contributed by atoms with Gasteiger partial charge in [0.2, 0.25) is 0 Å². The fourth-order valence-electron chi connectivity index (χ4n) is 3.61. The zero-order valence-electron chi connectivity index (χ0n) is 15.6. The Hall–Kier alpha value is -2.20. The van der Waals surface area contributed by atoms with E-state index in [1.54, 1.807) is 19.1 Å². The molecule has 0 bridgehead atoms. The highest BCUT2D eigenvalue weighted by atomic mass is 19.4. The second-order valence-electron chi connectivity index (χ2n) is 7.00. The topological polar surface area (TPSA) is 65.5 Å². The van der Waals surface area contributed by atoms with E-state index in [0.29, 0.717) is 57.2 Å². The number of nitrogens with zero attached hydrogens (tertiary/aromatic N) is 3. The van der Waals surface area contributed by atoms with Gasteiger partial charge in [-0.05, 0) is 13.0 Å². The van der Waals surface area contributed by atoms with Crippen molar-refractivity contribution in [3.05, 3.63) is 23.8 Å². The fraction of sp³-hybridized carbons (Fsp3) is 0.611. The second-order valence-corrected chi connectivity index (χ2v) is 7.00. The van der Waals surface area contributed by atoms with Crippen molar-refractivity contribution in [3.8, 4) is 5.75 Å². The molecule has 1 atom stereocenters. The summed E-state index contributed by atoms with van der Waals surface area (Å²) >= 11 is 0. The molecule has 0 saturated carbocycles. The predicted octanol–water partition coefficient (Wildman–Crippen LogP) is 2.61. The summed E-state index contributed by atoms with van der Waals surface area (Å²) in [6.07, 6.45) is -5.77. The molecule has 0 aliphatic carbocycles. The van der Waals surface area contributed by atoms with Crippen LogP contribution < -0.4 is 9.64 Å². The van der Waals surface area contributed by atoms with Crippen molar-refractivity contribution in [2.24, 2.45) is 0 Å². The highest BCUT2D eigenvalue weighted by Crippen LogP contribution is 2.32. The number of carboxylic acid groups (broad SMARTS) is 1. The van der Waals surface area contributed by atoms with Gasteiger partial charge >= 0.3 is 12.5 Å². The third-order valence-electron chi connectivity index (χ3n) is 5.00. The van der Waals surface area contributed by atoms with Crippen molar-refractivity contribution in [1.82, 2.24) is 9.80 Å². The van der Waals surface area contributed by atoms with Gasteiger partial charge in [-0.25, -0.2) is 4.79 Å². The zero-order valence-corrected chi connectivity index (χ0v) is 15.6. The molecule has 1 aromatic rings. The molecule has 3 rings (SSSR count). The summed E-state index contributed by atoms with van der Waals surface area (Å²) in [7, 11) is 0. The van der Waals surface area contributed by atoms with Gasteiger partial charge in [-0.15, -0.1) is 13.2 Å². The number of piperazine rings is 1. The number of halogens is 3. The maximum atomic E-state index is 12.9. The van der Waals surface area contributed by atoms with E-state index < -0.39 is 12.5 Å². The molecule has 2 aliphatic heterocycles. The Balaban J connectivity index is 1.76. The van der Waals surface area contributed by atoms with Crippen LogP contribution in [0, 0.1) is 0 Å². The van der Waals surface area contributed by atoms with Crippen LogP contribution in [0.1, 0.15) is 12.5 Å². The number of ether oxygens (including phenoxy) is 2. The molecule has 28 heavy (non-hydrogen) atoms. The van der Waals surface area contributed by atoms with Crippen molar-refractivity contribution in [2.45, 2.75) is 25.9 Å². The first kappa shape index (κ1) is 20.5. The quantitative estimate of drug-likeness (QED) is 0.834. The largest absolute Gasteiger partial charge is 0.573 e. The molecule has 7 nitrogen and oxygen atoms in total. The highest BCUT2D eigenvalue weighted by molar-refractivity contribution is 5.65. The summed E-state index contributed by atoms with van der Waals surface area (Å²) in [4.78, 5) is 16.4. The first-order valence-corrected chi connectivity index (χ1v) is 9.16. The lowest BCUT2D eigenvalue weighted by atomic mass is 10.1. The standard InChI is InChI=1S/C18H24F3N3O4/c1-13-11-22(4-5-24(13)17(25)26)12-14-2-3-15(23-6-8-27-9-7-23)10-16(14)28-18(19,20)21/h2-3,10,13H,4-9,11-12H2,1H3,(H,25,26)/t13-/m1/s1. The molecule has 2 heterocycles. The van der Waals surface area contributed by atoms with Crippen molar-refractivity contribution < 1.29 is 32.5 Å². The lowest BCUT2D eigenvalue weighted by Crippen LogP contribution is -2.53. The van der Waals surface area contributed by atoms with Gasteiger partial charge in [0, 0.05) is 62.6 Å². The summed E-state index contributed by atoms with van der Waals surface area (Å²) in [6.45, 7) is 5.54. The third kappa shape index (κ3) is 5.20. The van der Waals surface area contributed by atoms with Crippen LogP contribution >= 0.6 is 0 Å². The SMILES string of the molecule is C[C@@H]1CN(Cc2ccc(N3CCOCC3)cc2OC(F)(F)F)CCN1C(=O)O. The highest BCUT2D eigenvalue weighted by Gasteiger charge is 2.33. The zero-order chi connectivity index (χ0) is 20.3. The molecular formula is C18H24F3N3O4. The van der Waals surface area contributed by atoms with E-state index in [0.717, 1.165) is 0 Å².